The van der Waals surface area contributed by atoms with Gasteiger partial charge in [0.2, 0.25) is 5.91 Å². The lowest BCUT2D eigenvalue weighted by Crippen LogP contribution is -2.37. The van der Waals surface area contributed by atoms with Crippen molar-refractivity contribution >= 4 is 5.91 Å². The molecule has 1 N–H and O–H groups in total. The Balaban J connectivity index is 1.65. The molecular weight excluding hydrogens is 322 g/mol. The zero-order valence-corrected chi connectivity index (χ0v) is 15.7. The lowest BCUT2D eigenvalue weighted by atomic mass is 9.74. The van der Waals surface area contributed by atoms with Gasteiger partial charge in [0, 0.05) is 11.1 Å². The zero-order valence-electron chi connectivity index (χ0n) is 15.7. The van der Waals surface area contributed by atoms with E-state index in [2.05, 4.69) is 42.5 Å². The van der Waals surface area contributed by atoms with Crippen molar-refractivity contribution < 1.29 is 4.79 Å². The number of fused-ring (bicyclic) bond motifs is 1. The van der Waals surface area contributed by atoms with E-state index in [1.807, 2.05) is 29.1 Å². The van der Waals surface area contributed by atoms with Gasteiger partial charge in [-0.25, -0.2) is 4.68 Å². The highest BCUT2D eigenvalue weighted by atomic mass is 16.1. The molecule has 136 valence electrons. The van der Waals surface area contributed by atoms with Crippen molar-refractivity contribution in [3.05, 3.63) is 59.4 Å². The highest BCUT2D eigenvalue weighted by molar-refractivity contribution is 5.93. The van der Waals surface area contributed by atoms with Gasteiger partial charge in [-0.3, -0.25) is 4.79 Å². The second-order valence-electron chi connectivity index (χ2n) is 8.34. The number of rotatable bonds is 3. The molecule has 0 aliphatic heterocycles. The first kappa shape index (κ1) is 17.1. The molecule has 1 aromatic carbocycles. The summed E-state index contributed by atoms with van der Waals surface area (Å²) in [7, 11) is 0. The molecule has 26 heavy (non-hydrogen) atoms. The molecule has 2 aromatic rings. The van der Waals surface area contributed by atoms with Gasteiger partial charge >= 0.3 is 0 Å². The molecule has 1 atom stereocenters. The molecule has 0 unspecified atom stereocenters. The number of allylic oxidation sites excluding steroid dienone is 1. The molecule has 1 amide bonds. The van der Waals surface area contributed by atoms with Crippen molar-refractivity contribution in [2.75, 3.05) is 0 Å². The molecule has 4 nitrogen and oxygen atoms in total. The van der Waals surface area contributed by atoms with Gasteiger partial charge in [-0.2, -0.15) is 5.10 Å². The van der Waals surface area contributed by atoms with E-state index in [9.17, 15) is 4.79 Å². The van der Waals surface area contributed by atoms with Gasteiger partial charge in [-0.05, 0) is 56.1 Å². The summed E-state index contributed by atoms with van der Waals surface area (Å²) in [6.07, 6.45) is 10.2. The van der Waals surface area contributed by atoms with Crippen molar-refractivity contribution in [3.8, 4) is 5.69 Å². The highest BCUT2D eigenvalue weighted by Gasteiger charge is 2.36. The second kappa shape index (κ2) is 6.75. The van der Waals surface area contributed by atoms with Crippen LogP contribution in [0.2, 0.25) is 0 Å². The largest absolute Gasteiger partial charge is 0.345 e. The van der Waals surface area contributed by atoms with E-state index in [1.165, 1.54) is 12.1 Å². The average molecular weight is 349 g/mol. The lowest BCUT2D eigenvalue weighted by molar-refractivity contribution is -0.118. The molecule has 0 saturated carbocycles. The fourth-order valence-electron chi connectivity index (χ4n) is 4.26. The van der Waals surface area contributed by atoms with Crippen LogP contribution in [0.4, 0.5) is 0 Å². The van der Waals surface area contributed by atoms with Crippen LogP contribution in [0.1, 0.15) is 63.3 Å². The van der Waals surface area contributed by atoms with Crippen molar-refractivity contribution in [2.45, 2.75) is 58.4 Å². The van der Waals surface area contributed by atoms with E-state index in [0.717, 1.165) is 48.9 Å². The number of carbonyl (C=O) groups is 1. The van der Waals surface area contributed by atoms with Crippen LogP contribution in [-0.4, -0.2) is 15.7 Å². The Hall–Kier alpha value is -2.36. The van der Waals surface area contributed by atoms with E-state index < -0.39 is 0 Å². The fraction of sp³-hybridized carbons (Fsp3) is 0.455. The number of benzene rings is 1. The summed E-state index contributed by atoms with van der Waals surface area (Å²) >= 11 is 0. The summed E-state index contributed by atoms with van der Waals surface area (Å²) in [5.74, 6) is 0.103. The van der Waals surface area contributed by atoms with E-state index >= 15 is 0 Å². The fourth-order valence-corrected chi connectivity index (χ4v) is 4.26. The average Bonchev–Trinajstić information content (AvgIpc) is 3.05. The molecule has 4 heteroatoms. The minimum atomic E-state index is 0.0292. The lowest BCUT2D eigenvalue weighted by Gasteiger charge is -2.36. The number of hydrogen-bond donors (Lipinski definition) is 1. The molecule has 1 aromatic heterocycles. The zero-order chi connectivity index (χ0) is 18.1. The van der Waals surface area contributed by atoms with Gasteiger partial charge in [-0.15, -0.1) is 0 Å². The van der Waals surface area contributed by atoms with Gasteiger partial charge in [0.05, 0.1) is 23.6 Å². The maximum Gasteiger partial charge on any atom is 0.247 e. The van der Waals surface area contributed by atoms with Gasteiger partial charge in [0.1, 0.15) is 0 Å². The van der Waals surface area contributed by atoms with Crippen molar-refractivity contribution in [2.24, 2.45) is 5.41 Å². The van der Waals surface area contributed by atoms with Crippen LogP contribution in [0.25, 0.3) is 5.69 Å². The number of aromatic nitrogens is 2. The van der Waals surface area contributed by atoms with Gasteiger partial charge in [-0.1, -0.05) is 38.1 Å². The van der Waals surface area contributed by atoms with Gasteiger partial charge in [0.25, 0.3) is 0 Å². The third-order valence-electron chi connectivity index (χ3n) is 5.57. The van der Waals surface area contributed by atoms with E-state index in [4.69, 9.17) is 0 Å². The van der Waals surface area contributed by atoms with Crippen LogP contribution in [0, 0.1) is 5.41 Å². The van der Waals surface area contributed by atoms with E-state index in [-0.39, 0.29) is 17.4 Å². The Bertz CT molecular complexity index is 832. The minimum Gasteiger partial charge on any atom is -0.345 e. The van der Waals surface area contributed by atoms with Crippen molar-refractivity contribution in [1.82, 2.24) is 15.1 Å². The molecule has 0 fully saturated rings. The normalized spacial score (nSPS) is 21.6. The maximum atomic E-state index is 12.8. The molecule has 2 aliphatic rings. The topological polar surface area (TPSA) is 46.9 Å². The first-order valence-electron chi connectivity index (χ1n) is 9.66. The third kappa shape index (κ3) is 3.33. The Morgan fingerprint density at radius 1 is 1.23 bits per heavy atom. The Labute approximate surface area is 155 Å². The Kier molecular flexibility index (Phi) is 4.43. The number of amides is 1. The minimum absolute atomic E-state index is 0.0292. The summed E-state index contributed by atoms with van der Waals surface area (Å²) in [6.45, 7) is 4.55. The van der Waals surface area contributed by atoms with Crippen LogP contribution < -0.4 is 5.32 Å². The standard InChI is InChI=1S/C22H27N3O/c1-22(2)13-19(24-21(26)16-9-5-3-6-10-16)18-15-23-25(20(18)14-22)17-11-7-4-8-12-17/h4,7-9,11-12,15,19H,3,5-6,10,13-14H2,1-2H3,(H,24,26)/t19-/m1/s1. The van der Waals surface area contributed by atoms with Crippen LogP contribution >= 0.6 is 0 Å². The van der Waals surface area contributed by atoms with E-state index in [1.54, 1.807) is 0 Å². The van der Waals surface area contributed by atoms with Crippen molar-refractivity contribution in [3.63, 3.8) is 0 Å². The summed E-state index contributed by atoms with van der Waals surface area (Å²) in [4.78, 5) is 12.8. The number of hydrogen-bond acceptors (Lipinski definition) is 2. The molecule has 0 radical (unpaired) electrons. The quantitative estimate of drug-likeness (QED) is 0.887. The highest BCUT2D eigenvalue weighted by Crippen LogP contribution is 2.41. The molecule has 1 heterocycles. The first-order valence-corrected chi connectivity index (χ1v) is 9.66. The van der Waals surface area contributed by atoms with Crippen LogP contribution in [0.5, 0.6) is 0 Å². The Morgan fingerprint density at radius 3 is 2.77 bits per heavy atom. The molecule has 0 bridgehead atoms. The molecule has 0 saturated heterocycles. The Morgan fingerprint density at radius 2 is 2.04 bits per heavy atom. The van der Waals surface area contributed by atoms with Gasteiger partial charge in [0.15, 0.2) is 0 Å². The third-order valence-corrected chi connectivity index (χ3v) is 5.57. The van der Waals surface area contributed by atoms with Crippen molar-refractivity contribution in [1.29, 1.82) is 0 Å². The van der Waals surface area contributed by atoms with Crippen LogP contribution in [-0.2, 0) is 11.2 Å². The maximum absolute atomic E-state index is 12.8. The molecule has 0 spiro atoms. The number of carbonyl (C=O) groups excluding carboxylic acids is 1. The number of nitrogens with zero attached hydrogens (tertiary/aromatic N) is 2. The summed E-state index contributed by atoms with van der Waals surface area (Å²) in [5.41, 5.74) is 4.54. The summed E-state index contributed by atoms with van der Waals surface area (Å²) in [6, 6.07) is 10.3. The summed E-state index contributed by atoms with van der Waals surface area (Å²) < 4.78 is 2.04. The molecule has 2 aliphatic carbocycles. The predicted molar refractivity (Wildman–Crippen MR) is 103 cm³/mol. The van der Waals surface area contributed by atoms with Crippen LogP contribution in [0.15, 0.2) is 48.2 Å². The van der Waals surface area contributed by atoms with Crippen LogP contribution in [0.3, 0.4) is 0 Å². The number of nitrogens with one attached hydrogen (secondary N) is 1. The van der Waals surface area contributed by atoms with E-state index in [0.29, 0.717) is 0 Å². The van der Waals surface area contributed by atoms with Gasteiger partial charge < -0.3 is 5.32 Å². The molecular formula is C22H27N3O. The smallest absolute Gasteiger partial charge is 0.247 e. The monoisotopic (exact) mass is 349 g/mol. The SMILES string of the molecule is CC1(C)Cc2c(cnn2-c2ccccc2)[C@H](NC(=O)C2=CCCCC2)C1. The predicted octanol–water partition coefficient (Wildman–Crippen LogP) is 4.50. The second-order valence-corrected chi connectivity index (χ2v) is 8.34. The summed E-state index contributed by atoms with van der Waals surface area (Å²) in [5, 5.41) is 7.96. The number of para-hydroxylation sites is 1. The first-order chi connectivity index (χ1) is 12.5. The molecule has 4 rings (SSSR count).